The molecule has 0 saturated heterocycles. The van der Waals surface area contributed by atoms with Crippen LogP contribution in [0.4, 0.5) is 0 Å². The van der Waals surface area contributed by atoms with Crippen LogP contribution in [0.3, 0.4) is 0 Å². The Morgan fingerprint density at radius 1 is 1.08 bits per heavy atom. The van der Waals surface area contributed by atoms with Gasteiger partial charge in [0, 0.05) is 25.7 Å². The number of hydrogen-bond donors (Lipinski definition) is 1. The molecule has 0 radical (unpaired) electrons. The summed E-state index contributed by atoms with van der Waals surface area (Å²) in [6.07, 6.45) is 0.775. The summed E-state index contributed by atoms with van der Waals surface area (Å²) < 4.78 is 11.0. The molecule has 128 valence electrons. The van der Waals surface area contributed by atoms with Crippen LogP contribution in [0, 0.1) is 0 Å². The summed E-state index contributed by atoms with van der Waals surface area (Å²) in [5, 5.41) is 9.46. The van der Waals surface area contributed by atoms with Crippen LogP contribution >= 0.6 is 0 Å². The van der Waals surface area contributed by atoms with Gasteiger partial charge in [-0.15, -0.1) is 0 Å². The fraction of sp³-hybridized carbons (Fsp3) is 0.350. The Hall–Kier alpha value is -2.33. The van der Waals surface area contributed by atoms with E-state index in [-0.39, 0.29) is 0 Å². The van der Waals surface area contributed by atoms with Gasteiger partial charge in [0.25, 0.3) is 0 Å². The van der Waals surface area contributed by atoms with Gasteiger partial charge < -0.3 is 14.6 Å². The second-order valence-corrected chi connectivity index (χ2v) is 6.20. The molecule has 24 heavy (non-hydrogen) atoms. The van der Waals surface area contributed by atoms with E-state index in [0.717, 1.165) is 23.1 Å². The molecule has 0 aliphatic rings. The topological polar surface area (TPSA) is 55.8 Å². The van der Waals surface area contributed by atoms with E-state index in [0.29, 0.717) is 19.0 Å². The minimum absolute atomic E-state index is 0.518. The minimum Gasteiger partial charge on any atom is -0.493 e. The molecule has 4 nitrogen and oxygen atoms in total. The number of carboxylic acids is 1. The highest BCUT2D eigenvalue weighted by Crippen LogP contribution is 2.35. The monoisotopic (exact) mass is 328 g/mol. The number of aliphatic carboxylic acids is 1. The largest absolute Gasteiger partial charge is 0.493 e. The van der Waals surface area contributed by atoms with Crippen molar-refractivity contribution in [1.82, 2.24) is 0 Å². The zero-order chi connectivity index (χ0) is 17.6. The molecule has 0 atom stereocenters. The second-order valence-electron chi connectivity index (χ2n) is 6.20. The molecule has 0 aromatic heterocycles. The van der Waals surface area contributed by atoms with Crippen LogP contribution in [0.1, 0.15) is 25.8 Å². The van der Waals surface area contributed by atoms with Gasteiger partial charge in [0.1, 0.15) is 5.75 Å². The van der Waals surface area contributed by atoms with Gasteiger partial charge in [-0.1, -0.05) is 42.5 Å². The number of methoxy groups -OCH3 is 1. The normalized spacial score (nSPS) is 11.3. The molecule has 0 aliphatic carbocycles. The molecule has 0 heterocycles. The number of hydrogen-bond acceptors (Lipinski definition) is 3. The first-order chi connectivity index (χ1) is 11.5. The molecule has 0 spiro atoms. The third-order valence-electron chi connectivity index (χ3n) is 4.07. The van der Waals surface area contributed by atoms with Crippen molar-refractivity contribution >= 4 is 5.97 Å². The number of carboxylic acid groups (broad SMARTS) is 1. The van der Waals surface area contributed by atoms with Gasteiger partial charge in [-0.05, 0) is 31.0 Å². The summed E-state index contributed by atoms with van der Waals surface area (Å²) in [6.45, 7) is 4.54. The Labute approximate surface area is 143 Å². The van der Waals surface area contributed by atoms with E-state index in [2.05, 4.69) is 0 Å². The predicted molar refractivity (Wildman–Crippen MR) is 94.5 cm³/mol. The molecule has 2 aromatic rings. The van der Waals surface area contributed by atoms with Crippen LogP contribution in [0.5, 0.6) is 5.75 Å². The van der Waals surface area contributed by atoms with Gasteiger partial charge in [-0.2, -0.15) is 0 Å². The lowest BCUT2D eigenvalue weighted by atomic mass is 9.84. The lowest BCUT2D eigenvalue weighted by molar-refractivity contribution is -0.142. The van der Waals surface area contributed by atoms with Gasteiger partial charge in [-0.25, -0.2) is 0 Å². The summed E-state index contributed by atoms with van der Waals surface area (Å²) in [5.74, 6) is -0.163. The van der Waals surface area contributed by atoms with Gasteiger partial charge in [0.2, 0.25) is 0 Å². The van der Waals surface area contributed by atoms with E-state index in [4.69, 9.17) is 9.47 Å². The van der Waals surface area contributed by atoms with E-state index in [1.165, 1.54) is 0 Å². The van der Waals surface area contributed by atoms with Crippen molar-refractivity contribution in [2.75, 3.05) is 20.3 Å². The SMILES string of the molecule is COCCCOc1cc(C(C)(C)C(=O)O)ccc1-c1ccccc1. The minimum atomic E-state index is -0.972. The average molecular weight is 328 g/mol. The molecule has 0 unspecified atom stereocenters. The fourth-order valence-corrected chi connectivity index (χ4v) is 2.40. The maximum Gasteiger partial charge on any atom is 0.313 e. The highest BCUT2D eigenvalue weighted by atomic mass is 16.5. The molecular formula is C20H24O4. The quantitative estimate of drug-likeness (QED) is 0.740. The summed E-state index contributed by atoms with van der Waals surface area (Å²) in [5.41, 5.74) is 1.74. The van der Waals surface area contributed by atoms with Crippen molar-refractivity contribution < 1.29 is 19.4 Å². The Morgan fingerprint density at radius 3 is 2.42 bits per heavy atom. The van der Waals surface area contributed by atoms with Crippen molar-refractivity contribution in [3.63, 3.8) is 0 Å². The van der Waals surface area contributed by atoms with Crippen molar-refractivity contribution in [2.45, 2.75) is 25.7 Å². The maximum absolute atomic E-state index is 11.5. The van der Waals surface area contributed by atoms with Crippen LogP contribution in [0.25, 0.3) is 11.1 Å². The number of ether oxygens (including phenoxy) is 2. The average Bonchev–Trinajstić information content (AvgIpc) is 2.59. The van der Waals surface area contributed by atoms with E-state index >= 15 is 0 Å². The Morgan fingerprint density at radius 2 is 1.79 bits per heavy atom. The van der Waals surface area contributed by atoms with Gasteiger partial charge in [0.05, 0.1) is 12.0 Å². The molecule has 4 heteroatoms. The standard InChI is InChI=1S/C20H24O4/c1-20(2,19(21)22)16-10-11-17(15-8-5-4-6-9-15)18(14-16)24-13-7-12-23-3/h4-6,8-11,14H,7,12-13H2,1-3H3,(H,21,22). The third kappa shape index (κ3) is 4.15. The summed E-state index contributed by atoms with van der Waals surface area (Å²) in [6, 6.07) is 15.6. The van der Waals surface area contributed by atoms with E-state index in [9.17, 15) is 9.90 Å². The molecule has 2 aromatic carbocycles. The smallest absolute Gasteiger partial charge is 0.313 e. The predicted octanol–water partition coefficient (Wildman–Crippen LogP) is 4.13. The maximum atomic E-state index is 11.5. The highest BCUT2D eigenvalue weighted by molar-refractivity contribution is 5.81. The molecular weight excluding hydrogens is 304 g/mol. The van der Waals surface area contributed by atoms with Gasteiger partial charge in [-0.3, -0.25) is 4.79 Å². The molecule has 2 rings (SSSR count). The lowest BCUT2D eigenvalue weighted by Crippen LogP contribution is -2.28. The van der Waals surface area contributed by atoms with Crippen LogP contribution in [-0.4, -0.2) is 31.4 Å². The van der Waals surface area contributed by atoms with Crippen molar-refractivity contribution in [1.29, 1.82) is 0 Å². The molecule has 0 bridgehead atoms. The van der Waals surface area contributed by atoms with Crippen LogP contribution in [-0.2, 0) is 14.9 Å². The summed E-state index contributed by atoms with van der Waals surface area (Å²) in [7, 11) is 1.66. The molecule has 0 fully saturated rings. The van der Waals surface area contributed by atoms with Gasteiger partial charge >= 0.3 is 5.97 Å². The zero-order valence-corrected chi connectivity index (χ0v) is 14.4. The highest BCUT2D eigenvalue weighted by Gasteiger charge is 2.30. The van der Waals surface area contributed by atoms with Crippen LogP contribution in [0.15, 0.2) is 48.5 Å². The van der Waals surface area contributed by atoms with Crippen molar-refractivity contribution in [3.05, 3.63) is 54.1 Å². The van der Waals surface area contributed by atoms with E-state index in [1.807, 2.05) is 48.5 Å². The molecule has 1 N–H and O–H groups in total. The molecule has 0 saturated carbocycles. The van der Waals surface area contributed by atoms with E-state index in [1.54, 1.807) is 21.0 Å². The Bertz CT molecular complexity index is 677. The Balaban J connectivity index is 2.38. The third-order valence-corrected chi connectivity index (χ3v) is 4.07. The van der Waals surface area contributed by atoms with Crippen LogP contribution in [0.2, 0.25) is 0 Å². The molecule has 0 amide bonds. The first kappa shape index (κ1) is 18.0. The number of carbonyl (C=O) groups is 1. The fourth-order valence-electron chi connectivity index (χ4n) is 2.40. The van der Waals surface area contributed by atoms with Crippen LogP contribution < -0.4 is 4.74 Å². The summed E-state index contributed by atoms with van der Waals surface area (Å²) >= 11 is 0. The lowest BCUT2D eigenvalue weighted by Gasteiger charge is -2.22. The second kappa shape index (κ2) is 7.97. The van der Waals surface area contributed by atoms with Gasteiger partial charge in [0.15, 0.2) is 0 Å². The Kier molecular flexibility index (Phi) is 5.99. The zero-order valence-electron chi connectivity index (χ0n) is 14.4. The number of benzene rings is 2. The molecule has 0 aliphatic heterocycles. The van der Waals surface area contributed by atoms with E-state index < -0.39 is 11.4 Å². The van der Waals surface area contributed by atoms with Crippen molar-refractivity contribution in [3.8, 4) is 16.9 Å². The van der Waals surface area contributed by atoms with Crippen molar-refractivity contribution in [2.24, 2.45) is 0 Å². The first-order valence-corrected chi connectivity index (χ1v) is 8.02. The first-order valence-electron chi connectivity index (χ1n) is 8.02. The summed E-state index contributed by atoms with van der Waals surface area (Å²) in [4.78, 5) is 11.5. The number of rotatable bonds is 8.